The number of aliphatic hydroxyl groups excluding tert-OH is 1. The lowest BCUT2D eigenvalue weighted by atomic mass is 9.82. The van der Waals surface area contributed by atoms with E-state index < -0.39 is 23.1 Å². The number of fused-ring (bicyclic) bond motifs is 2. The van der Waals surface area contributed by atoms with Crippen LogP contribution in [0.2, 0.25) is 0 Å². The minimum Gasteiger partial charge on any atom is -0.507 e. The minimum atomic E-state index is -1.69. The van der Waals surface area contributed by atoms with Crippen LogP contribution in [0.25, 0.3) is 5.76 Å². The molecule has 3 aliphatic rings. The molecule has 0 bridgehead atoms. The molecule has 8 nitrogen and oxygen atoms in total. The molecule has 2 aromatic rings. The molecule has 2 aromatic carbocycles. The molecule has 0 aliphatic carbocycles. The summed E-state index contributed by atoms with van der Waals surface area (Å²) in [7, 11) is 1.63. The topological polar surface area (TPSA) is 90.4 Å². The van der Waals surface area contributed by atoms with E-state index >= 15 is 0 Å². The number of nitrogens with zero attached hydrogens (tertiary/aromatic N) is 3. The largest absolute Gasteiger partial charge is 0.507 e. The number of rotatable bonds is 5. The predicted octanol–water partition coefficient (Wildman–Crippen LogP) is 1.96. The van der Waals surface area contributed by atoms with Gasteiger partial charge in [0.1, 0.15) is 5.76 Å². The van der Waals surface area contributed by atoms with Crippen molar-refractivity contribution < 1.29 is 24.2 Å². The summed E-state index contributed by atoms with van der Waals surface area (Å²) in [5.74, 6) is -2.37. The summed E-state index contributed by atoms with van der Waals surface area (Å²) >= 11 is 0. The predicted molar refractivity (Wildman–Crippen MR) is 126 cm³/mol. The molecule has 34 heavy (non-hydrogen) atoms. The molecule has 0 radical (unpaired) electrons. The number of benzene rings is 2. The van der Waals surface area contributed by atoms with Crippen molar-refractivity contribution in [1.82, 2.24) is 9.80 Å². The summed E-state index contributed by atoms with van der Waals surface area (Å²) in [4.78, 5) is 45.8. The number of Topliss-reactive ketones (excluding diaryl/α,β-unsaturated/α-hetero) is 1. The fraction of sp³-hybridized carbons (Fsp3) is 0.346. The number of likely N-dealkylation sites (tertiary alicyclic amines) is 1. The van der Waals surface area contributed by atoms with E-state index in [1.807, 2.05) is 6.07 Å². The van der Waals surface area contributed by atoms with Gasteiger partial charge in [-0.2, -0.15) is 0 Å². The third-order valence-corrected chi connectivity index (χ3v) is 6.95. The van der Waals surface area contributed by atoms with Crippen molar-refractivity contribution in [1.29, 1.82) is 0 Å². The lowest BCUT2D eigenvalue weighted by molar-refractivity contribution is -0.143. The van der Waals surface area contributed by atoms with Gasteiger partial charge in [-0.1, -0.05) is 48.5 Å². The summed E-state index contributed by atoms with van der Waals surface area (Å²) in [6.45, 7) is 3.87. The van der Waals surface area contributed by atoms with Crippen LogP contribution in [0.3, 0.4) is 0 Å². The first-order chi connectivity index (χ1) is 16.5. The van der Waals surface area contributed by atoms with Crippen molar-refractivity contribution in [3.8, 4) is 0 Å². The van der Waals surface area contributed by atoms with Crippen LogP contribution in [0.1, 0.15) is 17.5 Å². The third-order valence-electron chi connectivity index (χ3n) is 6.95. The Balaban J connectivity index is 1.62. The van der Waals surface area contributed by atoms with Gasteiger partial charge in [0.05, 0.1) is 18.8 Å². The molecule has 1 atom stereocenters. The highest BCUT2D eigenvalue weighted by atomic mass is 16.5. The third kappa shape index (κ3) is 3.25. The number of hydrogen-bond acceptors (Lipinski definition) is 6. The SMILES string of the molecule is CN1C(=O)C2(/C(=C(/O)c3ccccc3)C(=O)C(=O)N2CCCN2CCOCC2)c2ccccc21. The molecule has 0 aromatic heterocycles. The van der Waals surface area contributed by atoms with Crippen molar-refractivity contribution in [3.63, 3.8) is 0 Å². The van der Waals surface area contributed by atoms with Crippen LogP contribution in [0, 0.1) is 0 Å². The number of aliphatic hydroxyl groups is 1. The summed E-state index contributed by atoms with van der Waals surface area (Å²) in [6.07, 6.45) is 0.583. The van der Waals surface area contributed by atoms with Gasteiger partial charge in [-0.05, 0) is 12.5 Å². The zero-order chi connectivity index (χ0) is 23.9. The van der Waals surface area contributed by atoms with E-state index in [9.17, 15) is 19.5 Å². The Labute approximate surface area is 198 Å². The molecule has 1 N–H and O–H groups in total. The molecule has 176 valence electrons. The van der Waals surface area contributed by atoms with E-state index in [-0.39, 0.29) is 17.9 Å². The molecular weight excluding hydrogens is 434 g/mol. The molecule has 8 heteroatoms. The average molecular weight is 462 g/mol. The van der Waals surface area contributed by atoms with E-state index in [4.69, 9.17) is 4.74 Å². The van der Waals surface area contributed by atoms with E-state index in [0.717, 1.165) is 13.1 Å². The monoisotopic (exact) mass is 461 g/mol. The number of likely N-dealkylation sites (N-methyl/N-ethyl adjacent to an activating group) is 1. The molecule has 2 saturated heterocycles. The average Bonchev–Trinajstić information content (AvgIpc) is 3.23. The Morgan fingerprint density at radius 2 is 1.65 bits per heavy atom. The number of para-hydroxylation sites is 1. The Bertz CT molecular complexity index is 1170. The van der Waals surface area contributed by atoms with Gasteiger partial charge < -0.3 is 19.6 Å². The summed E-state index contributed by atoms with van der Waals surface area (Å²) in [5.41, 5.74) is -0.327. The van der Waals surface area contributed by atoms with Gasteiger partial charge in [0, 0.05) is 50.0 Å². The second-order valence-electron chi connectivity index (χ2n) is 8.77. The second kappa shape index (κ2) is 8.70. The lowest BCUT2D eigenvalue weighted by Gasteiger charge is -2.35. The minimum absolute atomic E-state index is 0.170. The first-order valence-electron chi connectivity index (χ1n) is 11.5. The highest BCUT2D eigenvalue weighted by Crippen LogP contribution is 2.53. The summed E-state index contributed by atoms with van der Waals surface area (Å²) in [6, 6.07) is 15.7. The Morgan fingerprint density at radius 1 is 0.971 bits per heavy atom. The molecular formula is C26H27N3O5. The van der Waals surface area contributed by atoms with Crippen LogP contribution in [-0.2, 0) is 24.7 Å². The molecule has 5 rings (SSSR count). The highest BCUT2D eigenvalue weighted by molar-refractivity contribution is 6.50. The van der Waals surface area contributed by atoms with Gasteiger partial charge in [-0.25, -0.2) is 0 Å². The number of hydrogen-bond donors (Lipinski definition) is 1. The van der Waals surface area contributed by atoms with Crippen LogP contribution in [0.15, 0.2) is 60.2 Å². The number of ether oxygens (including phenoxy) is 1. The zero-order valence-corrected chi connectivity index (χ0v) is 19.1. The number of carbonyl (C=O) groups excluding carboxylic acids is 3. The Kier molecular flexibility index (Phi) is 5.71. The molecule has 1 spiro atoms. The van der Waals surface area contributed by atoms with Gasteiger partial charge in [0.2, 0.25) is 0 Å². The lowest BCUT2D eigenvalue weighted by Crippen LogP contribution is -2.52. The molecule has 0 saturated carbocycles. The normalized spacial score (nSPS) is 24.3. The molecule has 3 aliphatic heterocycles. The standard InChI is InChI=1S/C26H27N3O5/c1-27-20-11-6-5-10-19(20)26(25(27)33)21(22(30)18-8-3-2-4-9-18)23(31)24(32)29(26)13-7-12-28-14-16-34-17-15-28/h2-6,8-11,30H,7,12-17H2,1H3/b22-21+. The van der Waals surface area contributed by atoms with Gasteiger partial charge in [-0.15, -0.1) is 0 Å². The smallest absolute Gasteiger partial charge is 0.296 e. The van der Waals surface area contributed by atoms with Crippen molar-refractivity contribution >= 4 is 29.0 Å². The van der Waals surface area contributed by atoms with Crippen molar-refractivity contribution in [2.45, 2.75) is 12.0 Å². The molecule has 2 amide bonds. The molecule has 1 unspecified atom stereocenters. The maximum atomic E-state index is 13.9. The van der Waals surface area contributed by atoms with Crippen LogP contribution < -0.4 is 4.90 Å². The first-order valence-corrected chi connectivity index (χ1v) is 11.5. The number of carbonyl (C=O) groups is 3. The highest BCUT2D eigenvalue weighted by Gasteiger charge is 2.66. The van der Waals surface area contributed by atoms with E-state index in [1.165, 1.54) is 9.80 Å². The first kappa shape index (κ1) is 22.3. The van der Waals surface area contributed by atoms with Crippen molar-refractivity contribution in [2.75, 3.05) is 51.3 Å². The number of anilines is 1. The fourth-order valence-electron chi connectivity index (χ4n) is 5.29. The Hall–Kier alpha value is -3.49. The quantitative estimate of drug-likeness (QED) is 0.416. The summed E-state index contributed by atoms with van der Waals surface area (Å²) < 4.78 is 5.40. The number of amides is 2. The van der Waals surface area contributed by atoms with E-state index in [2.05, 4.69) is 4.90 Å². The maximum Gasteiger partial charge on any atom is 0.296 e. The molecule has 3 heterocycles. The van der Waals surface area contributed by atoms with Gasteiger partial charge in [0.15, 0.2) is 5.54 Å². The summed E-state index contributed by atoms with van der Waals surface area (Å²) in [5, 5.41) is 11.3. The van der Waals surface area contributed by atoms with Gasteiger partial charge >= 0.3 is 0 Å². The maximum absolute atomic E-state index is 13.9. The van der Waals surface area contributed by atoms with E-state index in [0.29, 0.717) is 43.0 Å². The van der Waals surface area contributed by atoms with Crippen molar-refractivity contribution in [3.05, 3.63) is 71.3 Å². The van der Waals surface area contributed by atoms with E-state index in [1.54, 1.807) is 55.6 Å². The molecule has 2 fully saturated rings. The Morgan fingerprint density at radius 3 is 2.38 bits per heavy atom. The fourth-order valence-corrected chi connectivity index (χ4v) is 5.29. The van der Waals surface area contributed by atoms with Crippen LogP contribution in [0.4, 0.5) is 5.69 Å². The van der Waals surface area contributed by atoms with Crippen LogP contribution in [0.5, 0.6) is 0 Å². The van der Waals surface area contributed by atoms with Gasteiger partial charge in [-0.3, -0.25) is 19.3 Å². The van der Waals surface area contributed by atoms with Crippen molar-refractivity contribution in [2.24, 2.45) is 0 Å². The van der Waals surface area contributed by atoms with Gasteiger partial charge in [0.25, 0.3) is 17.6 Å². The number of ketones is 1. The zero-order valence-electron chi connectivity index (χ0n) is 19.1. The second-order valence-corrected chi connectivity index (χ2v) is 8.77. The van der Waals surface area contributed by atoms with Crippen LogP contribution in [-0.4, -0.2) is 78.9 Å². The number of morpholine rings is 1. The van der Waals surface area contributed by atoms with Crippen LogP contribution >= 0.6 is 0 Å².